The van der Waals surface area contributed by atoms with E-state index in [1.807, 2.05) is 0 Å². The topological polar surface area (TPSA) is 358 Å². The predicted octanol–water partition coefficient (Wildman–Crippen LogP) is -8.82. The fourth-order valence-corrected chi connectivity index (χ4v) is 5.81. The predicted molar refractivity (Wildman–Crippen MR) is 144 cm³/mol. The number of anilines is 2. The van der Waals surface area contributed by atoms with Crippen LogP contribution in [0.1, 0.15) is 41.6 Å². The Balaban J connectivity index is 0. The minimum Gasteiger partial charge on any atom is -0.544 e. The first-order valence-electron chi connectivity index (χ1n) is 11.7. The van der Waals surface area contributed by atoms with Gasteiger partial charge in [0, 0.05) is 11.1 Å². The van der Waals surface area contributed by atoms with Crippen molar-refractivity contribution in [3.8, 4) is 12.1 Å². The van der Waals surface area contributed by atoms with E-state index >= 15 is 0 Å². The Hall–Kier alpha value is -4.26. The maximum atomic E-state index is 11.1. The normalized spacial score (nSPS) is 9.46. The molecule has 0 bridgehead atoms. The molecule has 2 heterocycles. The van der Waals surface area contributed by atoms with Gasteiger partial charge in [-0.15, -0.1) is 22.7 Å². The molecule has 2 aromatic heterocycles. The quantitative estimate of drug-likeness (QED) is 0.0874. The largest absolute Gasteiger partial charge is 1.00 e. The van der Waals surface area contributed by atoms with Crippen LogP contribution >= 0.6 is 22.7 Å². The zero-order valence-electron chi connectivity index (χ0n) is 24.6. The summed E-state index contributed by atoms with van der Waals surface area (Å²) in [6, 6.07) is 3.20. The van der Waals surface area contributed by atoms with E-state index in [1.165, 1.54) is 0 Å². The summed E-state index contributed by atoms with van der Waals surface area (Å²) in [5, 5.41) is 92.9. The Morgan fingerprint density at radius 1 is 0.542 bits per heavy atom. The number of hydrogen-bond donors (Lipinski definition) is 6. The van der Waals surface area contributed by atoms with Crippen LogP contribution in [0, 0.1) is 22.7 Å². The van der Waals surface area contributed by atoms with Crippen LogP contribution in [0.2, 0.25) is 0 Å². The minimum atomic E-state index is -1.74. The van der Waals surface area contributed by atoms with Gasteiger partial charge in [-0.05, 0) is 0 Å². The third-order valence-electron chi connectivity index (χ3n) is 5.11. The first kappa shape index (κ1) is 45.9. The molecular formula is C24H18N4Na2O16S2. The summed E-state index contributed by atoms with van der Waals surface area (Å²) in [4.78, 5) is 87.6. The van der Waals surface area contributed by atoms with Gasteiger partial charge in [-0.2, -0.15) is 10.5 Å². The van der Waals surface area contributed by atoms with Crippen LogP contribution in [0.3, 0.4) is 0 Å². The Labute approximate surface area is 319 Å². The molecule has 0 aliphatic rings. The van der Waals surface area contributed by atoms with Crippen molar-refractivity contribution in [1.82, 2.24) is 0 Å². The molecule has 48 heavy (non-hydrogen) atoms. The summed E-state index contributed by atoms with van der Waals surface area (Å²) in [6.45, 7) is -3.22. The fourth-order valence-electron chi connectivity index (χ4n) is 3.60. The monoisotopic (exact) mass is 728 g/mol. The molecule has 0 aliphatic heterocycles. The van der Waals surface area contributed by atoms with E-state index < -0.39 is 96.5 Å². The molecule has 0 aromatic carbocycles. The van der Waals surface area contributed by atoms with E-state index in [-0.39, 0.29) is 91.4 Å². The zero-order valence-corrected chi connectivity index (χ0v) is 30.2. The summed E-state index contributed by atoms with van der Waals surface area (Å²) < 4.78 is 0. The van der Waals surface area contributed by atoms with Crippen LogP contribution < -0.4 is 79.1 Å². The van der Waals surface area contributed by atoms with Gasteiger partial charge in [-0.3, -0.25) is 28.8 Å². The van der Waals surface area contributed by atoms with Gasteiger partial charge in [0.2, 0.25) is 0 Å². The number of carboxylic acid groups (broad SMARTS) is 8. The molecule has 244 valence electrons. The smallest absolute Gasteiger partial charge is 0.544 e. The first-order valence-corrected chi connectivity index (χ1v) is 13.3. The Morgan fingerprint density at radius 2 is 0.792 bits per heavy atom. The summed E-state index contributed by atoms with van der Waals surface area (Å²) >= 11 is 0.809. The Kier molecular flexibility index (Phi) is 19.9. The van der Waals surface area contributed by atoms with E-state index in [9.17, 15) is 48.6 Å². The SMILES string of the molecule is N#Cc1c(N(CC(=O)O)CC(=O)O)sc(C(=O)[O-])c1CC(=O)O.N#Cc1c(N(CC(=O)O)CC(=O)O)sc(C(=O)[O-])c1CC(=O)O.[Na+].[Na+]. The molecule has 0 atom stereocenters. The number of rotatable bonds is 16. The number of thiophene rings is 2. The number of aromatic carboxylic acids is 2. The molecule has 2 aromatic rings. The van der Waals surface area contributed by atoms with Gasteiger partial charge in [0.15, 0.2) is 0 Å². The van der Waals surface area contributed by atoms with Gasteiger partial charge in [0.25, 0.3) is 0 Å². The van der Waals surface area contributed by atoms with Crippen molar-refractivity contribution in [3.05, 3.63) is 32.0 Å². The van der Waals surface area contributed by atoms with Crippen molar-refractivity contribution < 1.29 is 138 Å². The van der Waals surface area contributed by atoms with Gasteiger partial charge in [-0.25, -0.2) is 0 Å². The van der Waals surface area contributed by atoms with Crippen molar-refractivity contribution in [2.75, 3.05) is 36.0 Å². The standard InChI is InChI=1S/2C12H10N2O8S.2Na/c2*13-2-6-5(1-7(15)16)10(12(21)22)23-11(6)14(3-8(17)18)4-9(19)20;;/h2*1,3-4H2,(H,15,16)(H,17,18)(H,19,20)(H,21,22);;/q;;2*+1/p-2. The van der Waals surface area contributed by atoms with Gasteiger partial charge in [0.1, 0.15) is 48.3 Å². The molecule has 24 heteroatoms. The second-order valence-electron chi connectivity index (χ2n) is 8.41. The average Bonchev–Trinajstić information content (AvgIpc) is 3.44. The summed E-state index contributed by atoms with van der Waals surface area (Å²) in [5.41, 5.74) is -1.47. The molecule has 0 radical (unpaired) electrons. The summed E-state index contributed by atoms with van der Waals surface area (Å²) in [5.74, 6) is -11.9. The third-order valence-corrected chi connectivity index (χ3v) is 7.65. The molecule has 2 rings (SSSR count). The average molecular weight is 729 g/mol. The number of carbonyl (C=O) groups is 8. The number of carbonyl (C=O) groups excluding carboxylic acids is 2. The van der Waals surface area contributed by atoms with Gasteiger partial charge in [-0.1, -0.05) is 0 Å². The van der Waals surface area contributed by atoms with E-state index in [4.69, 9.17) is 41.2 Å². The zero-order chi connectivity index (χ0) is 35.5. The molecule has 0 aliphatic carbocycles. The molecule has 0 fully saturated rings. The maximum Gasteiger partial charge on any atom is 1.00 e. The van der Waals surface area contributed by atoms with E-state index in [0.717, 1.165) is 9.80 Å². The van der Waals surface area contributed by atoms with Crippen molar-refractivity contribution in [2.45, 2.75) is 12.8 Å². The van der Waals surface area contributed by atoms with Crippen molar-refractivity contribution in [1.29, 1.82) is 10.5 Å². The van der Waals surface area contributed by atoms with E-state index in [1.54, 1.807) is 12.1 Å². The van der Waals surface area contributed by atoms with E-state index in [0.29, 0.717) is 22.7 Å². The van der Waals surface area contributed by atoms with E-state index in [2.05, 4.69) is 0 Å². The number of nitrogens with zero attached hydrogens (tertiary/aromatic N) is 4. The Morgan fingerprint density at radius 3 is 0.958 bits per heavy atom. The van der Waals surface area contributed by atoms with Gasteiger partial charge < -0.3 is 60.2 Å². The molecule has 0 unspecified atom stereocenters. The summed E-state index contributed by atoms with van der Waals surface area (Å²) in [7, 11) is 0. The van der Waals surface area contributed by atoms with Gasteiger partial charge in [0.05, 0.1) is 45.7 Å². The van der Waals surface area contributed by atoms with Crippen LogP contribution in [0.5, 0.6) is 0 Å². The Bertz CT molecular complexity index is 1540. The summed E-state index contributed by atoms with van der Waals surface area (Å²) in [6.07, 6.45) is -1.59. The van der Waals surface area contributed by atoms with Crippen LogP contribution in [0.25, 0.3) is 0 Å². The third kappa shape index (κ3) is 13.5. The molecular weight excluding hydrogens is 710 g/mol. The van der Waals surface area contributed by atoms with Gasteiger partial charge >= 0.3 is 94.9 Å². The molecule has 6 N–H and O–H groups in total. The molecule has 0 saturated heterocycles. The number of carboxylic acids is 8. The first-order chi connectivity index (χ1) is 21.3. The van der Waals surface area contributed by atoms with Crippen LogP contribution in [0.15, 0.2) is 0 Å². The van der Waals surface area contributed by atoms with Crippen LogP contribution in [-0.4, -0.2) is 105 Å². The second kappa shape index (κ2) is 20.9. The fraction of sp³-hybridized carbons (Fsp3) is 0.250. The van der Waals surface area contributed by atoms with Crippen molar-refractivity contribution in [3.63, 3.8) is 0 Å². The van der Waals surface area contributed by atoms with Crippen molar-refractivity contribution >= 4 is 80.4 Å². The second-order valence-corrected chi connectivity index (χ2v) is 10.4. The molecule has 20 nitrogen and oxygen atoms in total. The van der Waals surface area contributed by atoms with Crippen LogP contribution in [-0.2, 0) is 41.6 Å². The van der Waals surface area contributed by atoms with Crippen molar-refractivity contribution in [2.24, 2.45) is 0 Å². The molecule has 0 amide bonds. The maximum absolute atomic E-state index is 11.1. The number of aliphatic carboxylic acids is 6. The number of nitriles is 2. The molecule has 0 saturated carbocycles. The minimum absolute atomic E-state index is 0. The van der Waals surface area contributed by atoms with Crippen LogP contribution in [0.4, 0.5) is 10.0 Å². The molecule has 0 spiro atoms. The number of hydrogen-bond acceptors (Lipinski definition) is 16.